The number of aryl methyl sites for hydroxylation is 2. The minimum absolute atomic E-state index is 0.125. The summed E-state index contributed by atoms with van der Waals surface area (Å²) >= 11 is 0. The topological polar surface area (TPSA) is 90.3 Å². The van der Waals surface area contributed by atoms with Crippen molar-refractivity contribution in [2.24, 2.45) is 7.05 Å². The van der Waals surface area contributed by atoms with Crippen LogP contribution in [0, 0.1) is 6.92 Å². The average molecular weight is 299 g/mol. The Morgan fingerprint density at radius 3 is 2.45 bits per heavy atom. The van der Waals surface area contributed by atoms with Crippen molar-refractivity contribution in [3.63, 3.8) is 0 Å². The molecule has 0 radical (unpaired) electrons. The van der Waals surface area contributed by atoms with Crippen molar-refractivity contribution in [1.82, 2.24) is 14.3 Å². The molecule has 0 saturated carbocycles. The first-order valence-electron chi connectivity index (χ1n) is 6.53. The molecule has 0 saturated heterocycles. The van der Waals surface area contributed by atoms with Crippen molar-refractivity contribution < 1.29 is 14.4 Å². The predicted molar refractivity (Wildman–Crippen MR) is 78.2 cm³/mol. The Kier molecular flexibility index (Phi) is 3.17. The standard InChI is InChI=1S/C15H13N3O4/c1-9-8-17(2)15(21)18(9)11-5-3-10(4-6-11)12-7-13(14(19)20)22-16-12/h3-8H,1-2H3,(H,19,20). The van der Waals surface area contributed by atoms with Crippen LogP contribution >= 0.6 is 0 Å². The molecule has 0 amide bonds. The van der Waals surface area contributed by atoms with Crippen LogP contribution in [0.15, 0.2) is 45.8 Å². The maximum absolute atomic E-state index is 12.1. The largest absolute Gasteiger partial charge is 0.475 e. The lowest BCUT2D eigenvalue weighted by molar-refractivity contribution is 0.0652. The van der Waals surface area contributed by atoms with Crippen LogP contribution in [0.3, 0.4) is 0 Å². The Hall–Kier alpha value is -3.09. The molecule has 0 fully saturated rings. The number of carboxylic acid groups (broad SMARTS) is 1. The fourth-order valence-corrected chi connectivity index (χ4v) is 2.31. The molecule has 0 aliphatic heterocycles. The summed E-state index contributed by atoms with van der Waals surface area (Å²) in [5.74, 6) is -1.38. The van der Waals surface area contributed by atoms with Crippen molar-refractivity contribution in [1.29, 1.82) is 0 Å². The average Bonchev–Trinajstić information content (AvgIpc) is 3.06. The summed E-state index contributed by atoms with van der Waals surface area (Å²) in [4.78, 5) is 22.8. The van der Waals surface area contributed by atoms with Gasteiger partial charge in [-0.25, -0.2) is 9.59 Å². The van der Waals surface area contributed by atoms with Gasteiger partial charge in [0.25, 0.3) is 0 Å². The Balaban J connectivity index is 1.99. The van der Waals surface area contributed by atoms with Gasteiger partial charge < -0.3 is 14.2 Å². The first kappa shape index (κ1) is 13.9. The summed E-state index contributed by atoms with van der Waals surface area (Å²) in [7, 11) is 1.70. The second-order valence-electron chi connectivity index (χ2n) is 4.93. The van der Waals surface area contributed by atoms with E-state index in [1.165, 1.54) is 10.6 Å². The highest BCUT2D eigenvalue weighted by Crippen LogP contribution is 2.21. The molecule has 1 N–H and O–H groups in total. The molecule has 22 heavy (non-hydrogen) atoms. The van der Waals surface area contributed by atoms with Gasteiger partial charge in [-0.05, 0) is 19.1 Å². The molecule has 2 heterocycles. The fourth-order valence-electron chi connectivity index (χ4n) is 2.31. The molecule has 1 aromatic carbocycles. The first-order valence-corrected chi connectivity index (χ1v) is 6.53. The molecule has 0 aliphatic rings. The van der Waals surface area contributed by atoms with Gasteiger partial charge in [-0.3, -0.25) is 4.57 Å². The summed E-state index contributed by atoms with van der Waals surface area (Å²) in [5, 5.41) is 12.5. The lowest BCUT2D eigenvalue weighted by Crippen LogP contribution is -2.21. The van der Waals surface area contributed by atoms with Crippen molar-refractivity contribution in [3.8, 4) is 16.9 Å². The summed E-state index contributed by atoms with van der Waals surface area (Å²) < 4.78 is 7.84. The molecule has 0 spiro atoms. The number of hydrogen-bond acceptors (Lipinski definition) is 4. The molecule has 7 heteroatoms. The van der Waals surface area contributed by atoms with Crippen LogP contribution < -0.4 is 5.69 Å². The molecule has 3 aromatic rings. The number of hydrogen-bond donors (Lipinski definition) is 1. The number of carboxylic acids is 1. The number of imidazole rings is 1. The smallest absolute Gasteiger partial charge is 0.374 e. The van der Waals surface area contributed by atoms with Gasteiger partial charge >= 0.3 is 11.7 Å². The number of carbonyl (C=O) groups is 1. The lowest BCUT2D eigenvalue weighted by atomic mass is 10.1. The van der Waals surface area contributed by atoms with E-state index in [0.717, 1.165) is 11.4 Å². The van der Waals surface area contributed by atoms with Gasteiger partial charge in [0.05, 0.1) is 5.69 Å². The lowest BCUT2D eigenvalue weighted by Gasteiger charge is -2.04. The SMILES string of the molecule is Cc1cn(C)c(=O)n1-c1ccc(-c2cc(C(=O)O)on2)cc1. The van der Waals surface area contributed by atoms with Crippen molar-refractivity contribution in [2.75, 3.05) is 0 Å². The van der Waals surface area contributed by atoms with E-state index >= 15 is 0 Å². The third-order valence-electron chi connectivity index (χ3n) is 3.37. The first-order chi connectivity index (χ1) is 10.5. The number of aromatic nitrogens is 3. The molecule has 3 rings (SSSR count). The van der Waals surface area contributed by atoms with E-state index in [1.54, 1.807) is 42.1 Å². The predicted octanol–water partition coefficient (Wildman–Crippen LogP) is 1.84. The molecule has 7 nitrogen and oxygen atoms in total. The van der Waals surface area contributed by atoms with Crippen LogP contribution in [-0.2, 0) is 7.05 Å². The van der Waals surface area contributed by atoms with Crippen LogP contribution in [-0.4, -0.2) is 25.4 Å². The van der Waals surface area contributed by atoms with Crippen LogP contribution in [0.5, 0.6) is 0 Å². The second kappa shape index (κ2) is 5.03. The molecule has 0 unspecified atom stereocenters. The highest BCUT2D eigenvalue weighted by atomic mass is 16.5. The Bertz CT molecular complexity index is 900. The van der Waals surface area contributed by atoms with Gasteiger partial charge in [0.2, 0.25) is 5.76 Å². The normalized spacial score (nSPS) is 10.8. The molecule has 0 bridgehead atoms. The summed E-state index contributed by atoms with van der Waals surface area (Å²) in [5.41, 5.74) is 2.58. The molecule has 0 atom stereocenters. The van der Waals surface area contributed by atoms with Crippen LogP contribution in [0.25, 0.3) is 16.9 Å². The zero-order valence-electron chi connectivity index (χ0n) is 12.0. The maximum Gasteiger partial charge on any atom is 0.374 e. The monoisotopic (exact) mass is 299 g/mol. The zero-order chi connectivity index (χ0) is 15.9. The Morgan fingerprint density at radius 1 is 1.27 bits per heavy atom. The van der Waals surface area contributed by atoms with Crippen molar-refractivity contribution in [2.45, 2.75) is 6.92 Å². The van der Waals surface area contributed by atoms with E-state index in [1.807, 2.05) is 6.92 Å². The van der Waals surface area contributed by atoms with Gasteiger partial charge in [0.1, 0.15) is 5.69 Å². The van der Waals surface area contributed by atoms with E-state index in [9.17, 15) is 9.59 Å². The van der Waals surface area contributed by atoms with Gasteiger partial charge in [0.15, 0.2) is 0 Å². The number of rotatable bonds is 3. The molecular weight excluding hydrogens is 286 g/mol. The minimum atomic E-state index is -1.16. The van der Waals surface area contributed by atoms with Gasteiger partial charge in [-0.2, -0.15) is 0 Å². The van der Waals surface area contributed by atoms with E-state index in [4.69, 9.17) is 9.63 Å². The van der Waals surface area contributed by atoms with Gasteiger partial charge in [0, 0.05) is 30.6 Å². The Morgan fingerprint density at radius 2 is 1.95 bits per heavy atom. The number of aromatic carboxylic acids is 1. The third-order valence-corrected chi connectivity index (χ3v) is 3.37. The summed E-state index contributed by atoms with van der Waals surface area (Å²) in [6, 6.07) is 8.43. The highest BCUT2D eigenvalue weighted by Gasteiger charge is 2.13. The van der Waals surface area contributed by atoms with Gasteiger partial charge in [-0.1, -0.05) is 17.3 Å². The van der Waals surface area contributed by atoms with Crippen LogP contribution in [0.4, 0.5) is 0 Å². The van der Waals surface area contributed by atoms with E-state index < -0.39 is 5.97 Å². The summed E-state index contributed by atoms with van der Waals surface area (Å²) in [6.07, 6.45) is 1.76. The quantitative estimate of drug-likeness (QED) is 0.797. The molecule has 112 valence electrons. The minimum Gasteiger partial charge on any atom is -0.475 e. The van der Waals surface area contributed by atoms with Crippen LogP contribution in [0.2, 0.25) is 0 Å². The molecule has 0 aliphatic carbocycles. The van der Waals surface area contributed by atoms with Crippen LogP contribution in [0.1, 0.15) is 16.2 Å². The molecular formula is C15H13N3O4. The van der Waals surface area contributed by atoms with E-state index in [-0.39, 0.29) is 11.4 Å². The second-order valence-corrected chi connectivity index (χ2v) is 4.93. The molecule has 2 aromatic heterocycles. The van der Waals surface area contributed by atoms with E-state index in [0.29, 0.717) is 11.3 Å². The van der Waals surface area contributed by atoms with Crippen molar-refractivity contribution >= 4 is 5.97 Å². The maximum atomic E-state index is 12.1. The number of benzene rings is 1. The Labute approximate surface area is 125 Å². The highest BCUT2D eigenvalue weighted by molar-refractivity contribution is 5.85. The zero-order valence-corrected chi connectivity index (χ0v) is 12.0. The number of nitrogens with zero attached hydrogens (tertiary/aromatic N) is 3. The van der Waals surface area contributed by atoms with E-state index in [2.05, 4.69) is 5.16 Å². The summed E-state index contributed by atoms with van der Waals surface area (Å²) in [6.45, 7) is 1.85. The third kappa shape index (κ3) is 2.22. The van der Waals surface area contributed by atoms with Gasteiger partial charge in [-0.15, -0.1) is 0 Å². The van der Waals surface area contributed by atoms with Crippen molar-refractivity contribution in [3.05, 3.63) is 58.5 Å². The fraction of sp³-hybridized carbons (Fsp3) is 0.133.